The molecule has 2 N–H and O–H groups in total. The van der Waals surface area contributed by atoms with Gasteiger partial charge in [-0.2, -0.15) is 0 Å². The Kier molecular flexibility index (Phi) is 5.19. The van der Waals surface area contributed by atoms with E-state index < -0.39 is 15.9 Å². The van der Waals surface area contributed by atoms with Gasteiger partial charge in [-0.1, -0.05) is 0 Å². The van der Waals surface area contributed by atoms with Crippen molar-refractivity contribution in [3.8, 4) is 11.5 Å². The van der Waals surface area contributed by atoms with Crippen LogP contribution in [0.4, 0.5) is 0 Å². The number of aryl methyl sites for hydroxylation is 2. The zero-order valence-corrected chi connectivity index (χ0v) is 18.1. The van der Waals surface area contributed by atoms with E-state index in [0.717, 1.165) is 40.6 Å². The monoisotopic (exact) mass is 470 g/mol. The van der Waals surface area contributed by atoms with Gasteiger partial charge in [0.2, 0.25) is 0 Å². The Bertz CT molecular complexity index is 733. The Balaban J connectivity index is 2.85. The second-order valence-electron chi connectivity index (χ2n) is 6.05. The summed E-state index contributed by atoms with van der Waals surface area (Å²) in [6.07, 6.45) is 0. The van der Waals surface area contributed by atoms with E-state index in [9.17, 15) is 10.2 Å². The number of benzene rings is 2. The molecule has 0 aliphatic carbocycles. The van der Waals surface area contributed by atoms with E-state index in [2.05, 4.69) is 0 Å². The van der Waals surface area contributed by atoms with Gasteiger partial charge in [-0.25, -0.2) is 0 Å². The number of halogens is 2. The van der Waals surface area contributed by atoms with Gasteiger partial charge in [0.05, 0.1) is 0 Å². The summed E-state index contributed by atoms with van der Waals surface area (Å²) in [5, 5.41) is 20.1. The number of hydrogen-bond donors (Lipinski definition) is 2. The van der Waals surface area contributed by atoms with Crippen LogP contribution in [0.3, 0.4) is 0 Å². The predicted octanol–water partition coefficient (Wildman–Crippen LogP) is 3.98. The van der Waals surface area contributed by atoms with Gasteiger partial charge in [0.15, 0.2) is 0 Å². The number of phenols is 2. The van der Waals surface area contributed by atoms with E-state index in [4.69, 9.17) is 17.9 Å². The molecule has 2 rings (SSSR count). The maximum atomic E-state index is 10.0. The molecular weight excluding hydrogens is 447 g/mol. The molecule has 23 heavy (non-hydrogen) atoms. The van der Waals surface area contributed by atoms with E-state index in [1.165, 1.54) is 0 Å². The third-order valence-corrected chi connectivity index (χ3v) is 15.2. The molecule has 2 aromatic carbocycles. The molecule has 0 fully saturated rings. The molecule has 0 heterocycles. The second kappa shape index (κ2) is 6.37. The molecule has 0 aliphatic rings. The molecule has 126 valence electrons. The minimum atomic E-state index is -3.67. The Hall–Kier alpha value is -0.590. The van der Waals surface area contributed by atoms with E-state index >= 15 is 0 Å². The van der Waals surface area contributed by atoms with Crippen molar-refractivity contribution in [2.75, 3.05) is 0 Å². The molecular formula is C18H22Cl2O2Te. The fraction of sp³-hybridized carbons (Fsp3) is 0.333. The van der Waals surface area contributed by atoms with Crippen LogP contribution >= 0.6 is 17.9 Å². The van der Waals surface area contributed by atoms with Crippen molar-refractivity contribution >= 4 is 41.1 Å². The van der Waals surface area contributed by atoms with Crippen LogP contribution in [0, 0.1) is 41.5 Å². The molecule has 5 heteroatoms. The zero-order valence-electron chi connectivity index (χ0n) is 14.2. The SMILES string of the molecule is Cc1cc(O)c(C)c(C)c1[Te](Cl)(Cl)c1c(C)cc(O)c(C)c1C. The van der Waals surface area contributed by atoms with Crippen molar-refractivity contribution in [1.29, 1.82) is 0 Å². The molecule has 2 aromatic rings. The van der Waals surface area contributed by atoms with Crippen LogP contribution in [0.2, 0.25) is 0 Å². The average Bonchev–Trinajstić information content (AvgIpc) is 2.41. The van der Waals surface area contributed by atoms with Gasteiger partial charge in [-0.05, 0) is 0 Å². The fourth-order valence-corrected chi connectivity index (χ4v) is 15.6. The van der Waals surface area contributed by atoms with Crippen LogP contribution in [-0.2, 0) is 0 Å². The third-order valence-electron chi connectivity index (χ3n) is 4.51. The normalized spacial score (nSPS) is 12.5. The van der Waals surface area contributed by atoms with Crippen molar-refractivity contribution in [3.05, 3.63) is 45.5 Å². The topological polar surface area (TPSA) is 40.5 Å². The molecule has 0 saturated carbocycles. The first-order valence-corrected chi connectivity index (χ1v) is 15.6. The standard InChI is InChI=1S/C18H22Cl2O2Te/c1-9-7-15(21)11(3)13(5)17(9)23(19,20)18-10(2)8-16(22)12(4)14(18)6/h7-8,21-22H,1-6H3. The van der Waals surface area contributed by atoms with Crippen molar-refractivity contribution < 1.29 is 10.2 Å². The first-order valence-electron chi connectivity index (χ1n) is 7.32. The summed E-state index contributed by atoms with van der Waals surface area (Å²) in [5.74, 6) is 0.539. The molecule has 0 atom stereocenters. The van der Waals surface area contributed by atoms with Crippen LogP contribution in [0.5, 0.6) is 11.5 Å². The van der Waals surface area contributed by atoms with E-state index in [-0.39, 0.29) is 11.5 Å². The summed E-state index contributed by atoms with van der Waals surface area (Å²) >= 11 is -3.67. The predicted molar refractivity (Wildman–Crippen MR) is 101 cm³/mol. The van der Waals surface area contributed by atoms with E-state index in [1.807, 2.05) is 41.5 Å². The molecule has 0 aromatic heterocycles. The fourth-order valence-electron chi connectivity index (χ4n) is 2.97. The maximum absolute atomic E-state index is 10.0. The molecule has 0 unspecified atom stereocenters. The first-order chi connectivity index (χ1) is 10.5. The minimum absolute atomic E-state index is 0.269. The number of aromatic hydroxyl groups is 2. The van der Waals surface area contributed by atoms with Crippen LogP contribution in [-0.4, -0.2) is 26.2 Å². The van der Waals surface area contributed by atoms with Crippen molar-refractivity contribution in [3.63, 3.8) is 0 Å². The van der Waals surface area contributed by atoms with Crippen molar-refractivity contribution in [1.82, 2.24) is 0 Å². The summed E-state index contributed by atoms with van der Waals surface area (Å²) in [6, 6.07) is 3.47. The summed E-state index contributed by atoms with van der Waals surface area (Å²) < 4.78 is 1.95. The van der Waals surface area contributed by atoms with Crippen LogP contribution in [0.1, 0.15) is 33.4 Å². The van der Waals surface area contributed by atoms with Crippen LogP contribution in [0.15, 0.2) is 12.1 Å². The van der Waals surface area contributed by atoms with Gasteiger partial charge in [-0.3, -0.25) is 0 Å². The van der Waals surface area contributed by atoms with E-state index in [0.29, 0.717) is 0 Å². The summed E-state index contributed by atoms with van der Waals surface area (Å²) in [6.45, 7) is 11.5. The zero-order chi connectivity index (χ0) is 17.7. The quantitative estimate of drug-likeness (QED) is 0.655. The Morgan fingerprint density at radius 2 is 0.957 bits per heavy atom. The Morgan fingerprint density at radius 1 is 0.652 bits per heavy atom. The van der Waals surface area contributed by atoms with Crippen molar-refractivity contribution in [2.45, 2.75) is 41.5 Å². The van der Waals surface area contributed by atoms with Crippen LogP contribution in [0.25, 0.3) is 0 Å². The number of rotatable bonds is 2. The number of hydrogen-bond acceptors (Lipinski definition) is 2. The van der Waals surface area contributed by atoms with Gasteiger partial charge in [0, 0.05) is 0 Å². The molecule has 0 radical (unpaired) electrons. The van der Waals surface area contributed by atoms with Gasteiger partial charge in [0.1, 0.15) is 0 Å². The van der Waals surface area contributed by atoms with Gasteiger partial charge >= 0.3 is 150 Å². The van der Waals surface area contributed by atoms with Crippen LogP contribution < -0.4 is 7.22 Å². The second-order valence-corrected chi connectivity index (χ2v) is 18.3. The molecule has 0 aliphatic heterocycles. The van der Waals surface area contributed by atoms with Gasteiger partial charge < -0.3 is 0 Å². The molecule has 2 nitrogen and oxygen atoms in total. The number of phenolic OH excluding ortho intramolecular Hbond substituents is 2. The summed E-state index contributed by atoms with van der Waals surface area (Å²) in [5.41, 5.74) is 5.38. The summed E-state index contributed by atoms with van der Waals surface area (Å²) in [4.78, 5) is 0. The molecule has 0 bridgehead atoms. The molecule has 0 amide bonds. The molecule has 0 spiro atoms. The Labute approximate surface area is 149 Å². The Morgan fingerprint density at radius 3 is 1.26 bits per heavy atom. The van der Waals surface area contributed by atoms with Gasteiger partial charge in [-0.15, -0.1) is 0 Å². The first kappa shape index (κ1) is 18.7. The molecule has 0 saturated heterocycles. The van der Waals surface area contributed by atoms with Gasteiger partial charge in [0.25, 0.3) is 0 Å². The summed E-state index contributed by atoms with van der Waals surface area (Å²) in [7, 11) is 14.1. The van der Waals surface area contributed by atoms with E-state index in [1.54, 1.807) is 12.1 Å². The van der Waals surface area contributed by atoms with Crippen molar-refractivity contribution in [2.24, 2.45) is 0 Å². The average molecular weight is 469 g/mol. The third kappa shape index (κ3) is 3.05.